The van der Waals surface area contributed by atoms with E-state index in [0.717, 1.165) is 36.3 Å². The minimum Gasteiger partial charge on any atom is -0.502 e. The van der Waals surface area contributed by atoms with Gasteiger partial charge >= 0.3 is 5.97 Å². The maximum atomic E-state index is 13.7. The van der Waals surface area contributed by atoms with Crippen molar-refractivity contribution in [2.24, 2.45) is 0 Å². The van der Waals surface area contributed by atoms with Crippen molar-refractivity contribution in [3.8, 4) is 11.3 Å². The normalized spacial score (nSPS) is 13.3. The summed E-state index contributed by atoms with van der Waals surface area (Å²) in [5.74, 6) is -2.71. The molecule has 1 aliphatic carbocycles. The van der Waals surface area contributed by atoms with Crippen molar-refractivity contribution in [3.63, 3.8) is 0 Å². The first-order chi connectivity index (χ1) is 23.9. The molecule has 4 aromatic rings. The van der Waals surface area contributed by atoms with Crippen molar-refractivity contribution in [2.75, 3.05) is 44.0 Å². The Balaban J connectivity index is 1.29. The minimum atomic E-state index is -3.75. The number of hydrogen-bond acceptors (Lipinski definition) is 9. The molecule has 0 radical (unpaired) electrons. The Morgan fingerprint density at radius 3 is 2.48 bits per heavy atom. The highest BCUT2D eigenvalue weighted by Gasteiger charge is 2.33. The van der Waals surface area contributed by atoms with Crippen LogP contribution < -0.4 is 9.62 Å². The molecule has 0 saturated heterocycles. The molecule has 0 bridgehead atoms. The van der Waals surface area contributed by atoms with Gasteiger partial charge in [0.25, 0.3) is 5.91 Å². The average molecular weight is 707 g/mol. The molecule has 1 saturated carbocycles. The van der Waals surface area contributed by atoms with Gasteiger partial charge in [0.15, 0.2) is 5.78 Å². The lowest BCUT2D eigenvalue weighted by Gasteiger charge is -2.25. The summed E-state index contributed by atoms with van der Waals surface area (Å²) in [5, 5.41) is 13.0. The van der Waals surface area contributed by atoms with Gasteiger partial charge in [-0.25, -0.2) is 17.6 Å². The van der Waals surface area contributed by atoms with E-state index >= 15 is 0 Å². The second-order valence-electron chi connectivity index (χ2n) is 11.9. The van der Waals surface area contributed by atoms with Crippen molar-refractivity contribution >= 4 is 44.3 Å². The number of allylic oxidation sites excluding steroid dienone is 1. The fraction of sp³-hybridized carbons (Fsp3) is 0.324. The Morgan fingerprint density at radius 1 is 1.08 bits per heavy atom. The number of hydrogen-bond donors (Lipinski definition) is 2. The SMILES string of the molecule is CCOC(=O)C(O)=CC(=O)c1cccc(CCCOCCN(c2cc3oc(-c4ccc(F)cc4)c(C(=O)NC)c3cc2C2CC2)S(C)(=O)=O)c1. The molecule has 13 heteroatoms. The second-order valence-corrected chi connectivity index (χ2v) is 13.8. The summed E-state index contributed by atoms with van der Waals surface area (Å²) in [6.07, 6.45) is 4.86. The van der Waals surface area contributed by atoms with Gasteiger partial charge in [0.05, 0.1) is 37.3 Å². The van der Waals surface area contributed by atoms with Gasteiger partial charge in [-0.2, -0.15) is 0 Å². The zero-order valence-electron chi connectivity index (χ0n) is 28.0. The molecule has 1 aliphatic rings. The van der Waals surface area contributed by atoms with E-state index in [1.807, 2.05) is 12.1 Å². The Hall–Kier alpha value is -5.01. The molecule has 3 aromatic carbocycles. The predicted molar refractivity (Wildman–Crippen MR) is 186 cm³/mol. The fourth-order valence-electron chi connectivity index (χ4n) is 5.69. The van der Waals surface area contributed by atoms with Gasteiger partial charge in [-0.1, -0.05) is 18.2 Å². The monoisotopic (exact) mass is 706 g/mol. The van der Waals surface area contributed by atoms with Crippen molar-refractivity contribution in [1.29, 1.82) is 0 Å². The van der Waals surface area contributed by atoms with Crippen LogP contribution in [0.5, 0.6) is 0 Å². The Bertz CT molecular complexity index is 2030. The van der Waals surface area contributed by atoms with Crippen molar-refractivity contribution in [3.05, 3.63) is 101 Å². The summed E-state index contributed by atoms with van der Waals surface area (Å²) >= 11 is 0. The van der Waals surface area contributed by atoms with Crippen molar-refractivity contribution in [2.45, 2.75) is 38.5 Å². The smallest absolute Gasteiger partial charge is 0.373 e. The highest BCUT2D eigenvalue weighted by Crippen LogP contribution is 2.48. The third-order valence-corrected chi connectivity index (χ3v) is 9.42. The highest BCUT2D eigenvalue weighted by molar-refractivity contribution is 7.92. The molecule has 1 amide bonds. The number of carbonyl (C=O) groups is 3. The molecule has 1 heterocycles. The molecule has 11 nitrogen and oxygen atoms in total. The number of ether oxygens (including phenoxy) is 2. The molecule has 0 atom stereocenters. The van der Waals surface area contributed by atoms with Gasteiger partial charge in [0.2, 0.25) is 15.8 Å². The number of esters is 1. The van der Waals surface area contributed by atoms with Crippen LogP contribution in [0.15, 0.2) is 76.9 Å². The molecule has 0 spiro atoms. The molecule has 0 aliphatic heterocycles. The minimum absolute atomic E-state index is 0.0399. The molecule has 264 valence electrons. The summed E-state index contributed by atoms with van der Waals surface area (Å²) in [5.41, 5.74) is 3.51. The summed E-state index contributed by atoms with van der Waals surface area (Å²) in [7, 11) is -2.25. The molecule has 1 fully saturated rings. The molecule has 2 N–H and O–H groups in total. The first-order valence-corrected chi connectivity index (χ1v) is 18.1. The van der Waals surface area contributed by atoms with Crippen molar-refractivity contribution in [1.82, 2.24) is 5.32 Å². The molecule has 1 aromatic heterocycles. The van der Waals surface area contributed by atoms with E-state index in [1.54, 1.807) is 31.2 Å². The molecule has 5 rings (SSSR count). The number of aliphatic hydroxyl groups is 1. The number of aliphatic hydroxyl groups excluding tert-OH is 1. The lowest BCUT2D eigenvalue weighted by molar-refractivity contribution is -0.141. The Morgan fingerprint density at radius 2 is 1.82 bits per heavy atom. The maximum Gasteiger partial charge on any atom is 0.373 e. The first-order valence-electron chi connectivity index (χ1n) is 16.3. The van der Waals surface area contributed by atoms with Gasteiger partial charge in [-0.15, -0.1) is 0 Å². The van der Waals surface area contributed by atoms with Crippen LogP contribution in [0.3, 0.4) is 0 Å². The first kappa shape index (κ1) is 36.3. The van der Waals surface area contributed by atoms with Crippen LogP contribution in [0, 0.1) is 5.82 Å². The molecular weight excluding hydrogens is 667 g/mol. The number of nitrogens with zero attached hydrogens (tertiary/aromatic N) is 1. The number of ketones is 1. The number of anilines is 1. The predicted octanol–water partition coefficient (Wildman–Crippen LogP) is 6.08. The summed E-state index contributed by atoms with van der Waals surface area (Å²) in [6.45, 7) is 2.13. The van der Waals surface area contributed by atoms with Crippen LogP contribution in [-0.4, -0.2) is 70.9 Å². The molecular formula is C37H39FN2O9S. The standard InChI is InChI=1S/C37H39FN2O9S/c1-4-48-37(44)32(42)22-31(41)26-9-5-7-23(19-26)8-6-17-47-18-16-40(50(3,45)46)30-21-33-29(20-28(30)24-10-11-24)34(36(43)39-2)35(49-33)25-12-14-27(38)15-13-25/h5,7,9,12-15,19-22,24,42H,4,6,8,10-11,16-18H2,1-3H3,(H,39,43). The van der Waals surface area contributed by atoms with E-state index < -0.39 is 33.4 Å². The summed E-state index contributed by atoms with van der Waals surface area (Å²) in [4.78, 5) is 37.2. The number of amides is 1. The van der Waals surface area contributed by atoms with Crippen LogP contribution in [-0.2, 0) is 30.7 Å². The summed E-state index contributed by atoms with van der Waals surface area (Å²) in [6, 6.07) is 15.9. The quantitative estimate of drug-likeness (QED) is 0.0464. The van der Waals surface area contributed by atoms with E-state index in [2.05, 4.69) is 5.32 Å². The van der Waals surface area contributed by atoms with E-state index in [1.165, 1.54) is 35.6 Å². The topological polar surface area (TPSA) is 152 Å². The number of benzene rings is 3. The Kier molecular flexibility index (Phi) is 11.4. The number of aryl methyl sites for hydroxylation is 1. The number of halogens is 1. The van der Waals surface area contributed by atoms with Gasteiger partial charge in [-0.05, 0) is 86.1 Å². The van der Waals surface area contributed by atoms with E-state index in [0.29, 0.717) is 47.2 Å². The van der Waals surface area contributed by atoms with Crippen LogP contribution >= 0.6 is 0 Å². The van der Waals surface area contributed by atoms with Gasteiger partial charge < -0.3 is 24.3 Å². The van der Waals surface area contributed by atoms with Crippen LogP contribution in [0.1, 0.15) is 63.9 Å². The molecule has 50 heavy (non-hydrogen) atoms. The molecule has 0 unspecified atom stereocenters. The fourth-order valence-corrected chi connectivity index (χ4v) is 6.61. The van der Waals surface area contributed by atoms with E-state index in [-0.39, 0.29) is 42.9 Å². The number of furan rings is 1. The van der Waals surface area contributed by atoms with Gasteiger partial charge in [0, 0.05) is 42.3 Å². The largest absolute Gasteiger partial charge is 0.502 e. The number of carbonyl (C=O) groups excluding carboxylic acids is 3. The lowest BCUT2D eigenvalue weighted by Crippen LogP contribution is -2.34. The zero-order chi connectivity index (χ0) is 36.0. The highest BCUT2D eigenvalue weighted by atomic mass is 32.2. The average Bonchev–Trinajstić information content (AvgIpc) is 3.87. The van der Waals surface area contributed by atoms with Gasteiger partial charge in [0.1, 0.15) is 17.2 Å². The van der Waals surface area contributed by atoms with Crippen LogP contribution in [0.2, 0.25) is 0 Å². The Labute approximate surface area is 289 Å². The van der Waals surface area contributed by atoms with E-state index in [9.17, 15) is 32.3 Å². The number of rotatable bonds is 16. The second kappa shape index (κ2) is 15.7. The number of nitrogens with one attached hydrogen (secondary N) is 1. The third-order valence-electron chi connectivity index (χ3n) is 8.24. The lowest BCUT2D eigenvalue weighted by atomic mass is 10.0. The number of sulfonamides is 1. The van der Waals surface area contributed by atoms with Gasteiger partial charge in [-0.3, -0.25) is 13.9 Å². The van der Waals surface area contributed by atoms with Crippen molar-refractivity contribution < 1.29 is 46.2 Å². The van der Waals surface area contributed by atoms with Crippen LogP contribution in [0.4, 0.5) is 10.1 Å². The maximum absolute atomic E-state index is 13.7. The third kappa shape index (κ3) is 8.58. The van der Waals surface area contributed by atoms with Crippen LogP contribution in [0.25, 0.3) is 22.3 Å². The van der Waals surface area contributed by atoms with E-state index in [4.69, 9.17) is 13.9 Å². The zero-order valence-corrected chi connectivity index (χ0v) is 28.8. The number of fused-ring (bicyclic) bond motifs is 1. The summed E-state index contributed by atoms with van der Waals surface area (Å²) < 4.78 is 58.0.